The first kappa shape index (κ1) is 14.6. The van der Waals surface area contributed by atoms with E-state index in [-0.39, 0.29) is 11.9 Å². The Hall–Kier alpha value is -1.36. The molecule has 1 saturated heterocycles. The van der Waals surface area contributed by atoms with Crippen LogP contribution in [0.2, 0.25) is 0 Å². The predicted molar refractivity (Wildman–Crippen MR) is 80.0 cm³/mol. The molecule has 1 amide bonds. The molecular formula is C16H25N3O2. The van der Waals surface area contributed by atoms with Crippen LogP contribution in [0, 0.1) is 6.92 Å². The summed E-state index contributed by atoms with van der Waals surface area (Å²) in [6, 6.07) is 0.242. The molecule has 0 unspecified atom stereocenters. The topological polar surface area (TPSA) is 56.2 Å². The van der Waals surface area contributed by atoms with Crippen molar-refractivity contribution in [2.24, 2.45) is 0 Å². The number of carbonyl (C=O) groups is 1. The van der Waals surface area contributed by atoms with Crippen LogP contribution in [0.4, 0.5) is 0 Å². The van der Waals surface area contributed by atoms with Crippen molar-refractivity contribution in [3.8, 4) is 0 Å². The van der Waals surface area contributed by atoms with E-state index >= 15 is 0 Å². The molecule has 0 aliphatic carbocycles. The second kappa shape index (κ2) is 6.60. The highest BCUT2D eigenvalue weighted by molar-refractivity contribution is 5.76. The van der Waals surface area contributed by atoms with E-state index in [0.717, 1.165) is 56.8 Å². The molecule has 3 rings (SSSR count). The van der Waals surface area contributed by atoms with Crippen LogP contribution in [-0.2, 0) is 22.5 Å². The van der Waals surface area contributed by atoms with Crippen LogP contribution >= 0.6 is 0 Å². The SMILES string of the molecule is Cc1cn2c(n1)CC[C@@H](NC(=O)CC[C@H]1CCCCO1)C2. The summed E-state index contributed by atoms with van der Waals surface area (Å²) in [6.45, 7) is 3.72. The van der Waals surface area contributed by atoms with Crippen LogP contribution in [0.5, 0.6) is 0 Å². The Kier molecular flexibility index (Phi) is 4.58. The van der Waals surface area contributed by atoms with E-state index in [0.29, 0.717) is 12.5 Å². The van der Waals surface area contributed by atoms with Crippen molar-refractivity contribution in [1.29, 1.82) is 0 Å². The third-order valence-corrected chi connectivity index (χ3v) is 4.45. The van der Waals surface area contributed by atoms with Gasteiger partial charge < -0.3 is 14.6 Å². The van der Waals surface area contributed by atoms with E-state index < -0.39 is 0 Å². The van der Waals surface area contributed by atoms with Gasteiger partial charge in [-0.3, -0.25) is 4.79 Å². The highest BCUT2D eigenvalue weighted by Gasteiger charge is 2.22. The van der Waals surface area contributed by atoms with Crippen LogP contribution in [0.15, 0.2) is 6.20 Å². The average Bonchev–Trinajstić information content (AvgIpc) is 2.85. The monoisotopic (exact) mass is 291 g/mol. The zero-order valence-electron chi connectivity index (χ0n) is 12.8. The molecule has 1 fully saturated rings. The summed E-state index contributed by atoms with van der Waals surface area (Å²) in [5.74, 6) is 1.31. The molecular weight excluding hydrogens is 266 g/mol. The van der Waals surface area contributed by atoms with Crippen molar-refractivity contribution in [2.45, 2.75) is 70.6 Å². The van der Waals surface area contributed by atoms with Crippen LogP contribution < -0.4 is 5.32 Å². The molecule has 3 heterocycles. The van der Waals surface area contributed by atoms with Gasteiger partial charge in [-0.25, -0.2) is 4.98 Å². The molecule has 1 N–H and O–H groups in total. The Balaban J connectivity index is 1.43. The van der Waals surface area contributed by atoms with Gasteiger partial charge >= 0.3 is 0 Å². The number of amides is 1. The van der Waals surface area contributed by atoms with Gasteiger partial charge in [0.2, 0.25) is 5.91 Å². The number of imidazole rings is 1. The maximum Gasteiger partial charge on any atom is 0.220 e. The molecule has 2 atom stereocenters. The van der Waals surface area contributed by atoms with Gasteiger partial charge in [0.25, 0.3) is 0 Å². The van der Waals surface area contributed by atoms with Gasteiger partial charge in [-0.15, -0.1) is 0 Å². The Labute approximate surface area is 126 Å². The maximum atomic E-state index is 12.1. The lowest BCUT2D eigenvalue weighted by Gasteiger charge is -2.26. The first-order chi connectivity index (χ1) is 10.2. The van der Waals surface area contributed by atoms with Crippen molar-refractivity contribution in [3.63, 3.8) is 0 Å². The third kappa shape index (κ3) is 3.84. The van der Waals surface area contributed by atoms with Gasteiger partial charge in [-0.1, -0.05) is 0 Å². The quantitative estimate of drug-likeness (QED) is 0.923. The summed E-state index contributed by atoms with van der Waals surface area (Å²) in [7, 11) is 0. The molecule has 21 heavy (non-hydrogen) atoms. The van der Waals surface area contributed by atoms with E-state index in [1.54, 1.807) is 0 Å². The fourth-order valence-electron chi connectivity index (χ4n) is 3.33. The van der Waals surface area contributed by atoms with Crippen LogP contribution in [0.3, 0.4) is 0 Å². The number of fused-ring (bicyclic) bond motifs is 1. The first-order valence-corrected chi connectivity index (χ1v) is 8.14. The molecule has 0 saturated carbocycles. The number of hydrogen-bond acceptors (Lipinski definition) is 3. The maximum absolute atomic E-state index is 12.1. The largest absolute Gasteiger partial charge is 0.378 e. The molecule has 2 aliphatic heterocycles. The number of nitrogens with zero attached hydrogens (tertiary/aromatic N) is 2. The molecule has 0 bridgehead atoms. The molecule has 116 valence electrons. The van der Waals surface area contributed by atoms with Crippen molar-refractivity contribution < 1.29 is 9.53 Å². The average molecular weight is 291 g/mol. The Bertz CT molecular complexity index is 492. The molecule has 1 aromatic heterocycles. The van der Waals surface area contributed by atoms with Gasteiger partial charge in [0.1, 0.15) is 5.82 Å². The summed E-state index contributed by atoms with van der Waals surface area (Å²) >= 11 is 0. The molecule has 2 aliphatic rings. The fourth-order valence-corrected chi connectivity index (χ4v) is 3.33. The molecule has 5 heteroatoms. The fraction of sp³-hybridized carbons (Fsp3) is 0.750. The predicted octanol–water partition coefficient (Wildman–Crippen LogP) is 1.97. The van der Waals surface area contributed by atoms with Gasteiger partial charge in [0.05, 0.1) is 11.8 Å². The van der Waals surface area contributed by atoms with E-state index in [1.807, 2.05) is 6.92 Å². The summed E-state index contributed by atoms with van der Waals surface area (Å²) in [5, 5.41) is 3.17. The number of aryl methyl sites for hydroxylation is 2. The molecule has 0 radical (unpaired) electrons. The standard InChI is InChI=1S/C16H25N3O2/c1-12-10-19-11-13(5-7-15(19)17-12)18-16(20)8-6-14-4-2-3-9-21-14/h10,13-14H,2-9,11H2,1H3,(H,18,20)/t13-,14-/m1/s1. The minimum absolute atomic E-state index is 0.162. The lowest BCUT2D eigenvalue weighted by Crippen LogP contribution is -2.41. The highest BCUT2D eigenvalue weighted by atomic mass is 16.5. The first-order valence-electron chi connectivity index (χ1n) is 8.14. The Morgan fingerprint density at radius 3 is 3.19 bits per heavy atom. The molecule has 5 nitrogen and oxygen atoms in total. The number of rotatable bonds is 4. The van der Waals surface area contributed by atoms with Crippen LogP contribution in [0.1, 0.15) is 50.0 Å². The minimum atomic E-state index is 0.162. The number of ether oxygens (including phenoxy) is 1. The van der Waals surface area contributed by atoms with Crippen molar-refractivity contribution in [3.05, 3.63) is 17.7 Å². The van der Waals surface area contributed by atoms with E-state index in [1.165, 1.54) is 6.42 Å². The summed E-state index contributed by atoms with van der Waals surface area (Å²) in [5.41, 5.74) is 1.06. The lowest BCUT2D eigenvalue weighted by molar-refractivity contribution is -0.123. The number of carbonyl (C=O) groups excluding carboxylic acids is 1. The highest BCUT2D eigenvalue weighted by Crippen LogP contribution is 2.18. The Morgan fingerprint density at radius 1 is 1.48 bits per heavy atom. The summed E-state index contributed by atoms with van der Waals surface area (Å²) in [6.07, 6.45) is 9.24. The van der Waals surface area contributed by atoms with Crippen LogP contribution in [-0.4, -0.2) is 34.2 Å². The third-order valence-electron chi connectivity index (χ3n) is 4.45. The van der Waals surface area contributed by atoms with Gasteiger partial charge in [-0.2, -0.15) is 0 Å². The summed E-state index contributed by atoms with van der Waals surface area (Å²) in [4.78, 5) is 16.6. The van der Waals surface area contributed by atoms with Crippen molar-refractivity contribution >= 4 is 5.91 Å². The van der Waals surface area contributed by atoms with Crippen LogP contribution in [0.25, 0.3) is 0 Å². The second-order valence-corrected chi connectivity index (χ2v) is 6.28. The van der Waals surface area contributed by atoms with E-state index in [2.05, 4.69) is 21.1 Å². The molecule has 1 aromatic rings. The van der Waals surface area contributed by atoms with Gasteiger partial charge in [-0.05, 0) is 39.0 Å². The van der Waals surface area contributed by atoms with Crippen molar-refractivity contribution in [1.82, 2.24) is 14.9 Å². The zero-order valence-corrected chi connectivity index (χ0v) is 12.8. The van der Waals surface area contributed by atoms with Gasteiger partial charge in [0, 0.05) is 38.2 Å². The minimum Gasteiger partial charge on any atom is -0.378 e. The number of hydrogen-bond donors (Lipinski definition) is 1. The van der Waals surface area contributed by atoms with Gasteiger partial charge in [0.15, 0.2) is 0 Å². The molecule has 0 spiro atoms. The summed E-state index contributed by atoms with van der Waals surface area (Å²) < 4.78 is 7.85. The Morgan fingerprint density at radius 2 is 2.38 bits per heavy atom. The number of nitrogens with one attached hydrogen (secondary N) is 1. The number of aromatic nitrogens is 2. The van der Waals surface area contributed by atoms with E-state index in [4.69, 9.17) is 4.74 Å². The zero-order chi connectivity index (χ0) is 14.7. The second-order valence-electron chi connectivity index (χ2n) is 6.28. The normalized spacial score (nSPS) is 25.4. The van der Waals surface area contributed by atoms with E-state index in [9.17, 15) is 4.79 Å². The van der Waals surface area contributed by atoms with Crippen molar-refractivity contribution in [2.75, 3.05) is 6.61 Å². The smallest absolute Gasteiger partial charge is 0.220 e. The molecule has 0 aromatic carbocycles. The lowest BCUT2D eigenvalue weighted by atomic mass is 10.0.